The first kappa shape index (κ1) is 18.7. The number of anilines is 2. The molecule has 2 fully saturated rings. The van der Waals surface area contributed by atoms with Crippen molar-refractivity contribution in [3.8, 4) is 0 Å². The molecule has 1 aliphatic heterocycles. The zero-order chi connectivity index (χ0) is 16.4. The van der Waals surface area contributed by atoms with E-state index in [9.17, 15) is 9.59 Å². The topological polar surface area (TPSA) is 70.2 Å². The molecule has 3 N–H and O–H groups in total. The highest BCUT2D eigenvalue weighted by atomic mass is 35.5. The maximum atomic E-state index is 12.6. The summed E-state index contributed by atoms with van der Waals surface area (Å²) < 4.78 is 0. The number of amides is 2. The molecule has 2 amide bonds. The van der Waals surface area contributed by atoms with Gasteiger partial charge in [-0.2, -0.15) is 0 Å². The molecule has 1 unspecified atom stereocenters. The van der Waals surface area contributed by atoms with Crippen LogP contribution in [0, 0.1) is 18.3 Å². The summed E-state index contributed by atoms with van der Waals surface area (Å²) in [7, 11) is 0. The Hall–Kier alpha value is -1.59. The molecule has 1 spiro atoms. The molecule has 132 valence electrons. The number of piperidine rings is 1. The smallest absolute Gasteiger partial charge is 0.228 e. The van der Waals surface area contributed by atoms with Gasteiger partial charge in [-0.1, -0.05) is 13.0 Å². The number of hydrogen-bond donors (Lipinski definition) is 3. The van der Waals surface area contributed by atoms with Crippen molar-refractivity contribution >= 4 is 35.6 Å². The number of rotatable bonds is 4. The highest BCUT2D eigenvalue weighted by Crippen LogP contribution is 2.58. The monoisotopic (exact) mass is 351 g/mol. The molecule has 1 saturated carbocycles. The normalized spacial score (nSPS) is 20.8. The van der Waals surface area contributed by atoms with Gasteiger partial charge in [0, 0.05) is 23.7 Å². The lowest BCUT2D eigenvalue weighted by atomic mass is 9.91. The molecule has 1 heterocycles. The van der Waals surface area contributed by atoms with Crippen molar-refractivity contribution in [2.24, 2.45) is 11.3 Å². The Labute approximate surface area is 149 Å². The number of halogens is 1. The highest BCUT2D eigenvalue weighted by molar-refractivity contribution is 5.97. The van der Waals surface area contributed by atoms with Gasteiger partial charge >= 0.3 is 0 Å². The van der Waals surface area contributed by atoms with Gasteiger partial charge in [-0.3, -0.25) is 9.59 Å². The highest BCUT2D eigenvalue weighted by Gasteiger charge is 2.57. The van der Waals surface area contributed by atoms with E-state index in [-0.39, 0.29) is 35.6 Å². The third kappa shape index (κ3) is 3.90. The van der Waals surface area contributed by atoms with Crippen LogP contribution in [0.5, 0.6) is 0 Å². The summed E-state index contributed by atoms with van der Waals surface area (Å²) in [6.45, 7) is 5.81. The molecule has 1 aliphatic carbocycles. The standard InChI is InChI=1S/C18H25N3O2.ClH/c1-3-16(22)20-13-5-4-12(2)15(10-13)21-17(23)14-11-18(14)6-8-19-9-7-18;/h4-5,10,14,19H,3,6-9,11H2,1-2H3,(H,20,22)(H,21,23);1H. The maximum absolute atomic E-state index is 12.6. The fourth-order valence-corrected chi connectivity index (χ4v) is 3.50. The van der Waals surface area contributed by atoms with E-state index in [2.05, 4.69) is 16.0 Å². The van der Waals surface area contributed by atoms with Crippen LogP contribution in [0.4, 0.5) is 11.4 Å². The second kappa shape index (κ2) is 7.53. The van der Waals surface area contributed by atoms with Crippen molar-refractivity contribution in [1.82, 2.24) is 5.32 Å². The summed E-state index contributed by atoms with van der Waals surface area (Å²) in [6, 6.07) is 5.64. The van der Waals surface area contributed by atoms with Crippen molar-refractivity contribution < 1.29 is 9.59 Å². The van der Waals surface area contributed by atoms with Gasteiger partial charge in [0.15, 0.2) is 0 Å². The molecule has 24 heavy (non-hydrogen) atoms. The van der Waals surface area contributed by atoms with Crippen molar-refractivity contribution in [2.45, 2.75) is 39.5 Å². The van der Waals surface area contributed by atoms with Gasteiger partial charge < -0.3 is 16.0 Å². The van der Waals surface area contributed by atoms with E-state index in [4.69, 9.17) is 0 Å². The molecule has 0 radical (unpaired) electrons. The first-order valence-electron chi connectivity index (χ1n) is 8.46. The van der Waals surface area contributed by atoms with E-state index < -0.39 is 0 Å². The Morgan fingerprint density at radius 1 is 1.25 bits per heavy atom. The number of aryl methyl sites for hydroxylation is 1. The minimum absolute atomic E-state index is 0. The van der Waals surface area contributed by atoms with E-state index in [0.29, 0.717) is 6.42 Å². The van der Waals surface area contributed by atoms with E-state index in [1.54, 1.807) is 0 Å². The quantitative estimate of drug-likeness (QED) is 0.780. The van der Waals surface area contributed by atoms with Crippen LogP contribution in [0.3, 0.4) is 0 Å². The first-order valence-corrected chi connectivity index (χ1v) is 8.46. The van der Waals surface area contributed by atoms with Crippen LogP contribution in [0.2, 0.25) is 0 Å². The van der Waals surface area contributed by atoms with Crippen LogP contribution >= 0.6 is 12.4 Å². The lowest BCUT2D eigenvalue weighted by Gasteiger charge is -2.23. The molecule has 3 rings (SSSR count). The molecule has 6 heteroatoms. The predicted molar refractivity (Wildman–Crippen MR) is 98.6 cm³/mol. The Kier molecular flexibility index (Phi) is 5.88. The zero-order valence-electron chi connectivity index (χ0n) is 14.3. The van der Waals surface area contributed by atoms with Crippen LogP contribution < -0.4 is 16.0 Å². The second-order valence-electron chi connectivity index (χ2n) is 6.79. The lowest BCUT2D eigenvalue weighted by Crippen LogP contribution is -2.31. The predicted octanol–water partition coefficient (Wildman–Crippen LogP) is 3.09. The summed E-state index contributed by atoms with van der Waals surface area (Å²) in [5.74, 6) is 0.230. The SMILES string of the molecule is CCC(=O)Nc1ccc(C)c(NC(=O)C2CC23CCNCC3)c1.Cl. The number of nitrogens with one attached hydrogen (secondary N) is 3. The number of hydrogen-bond acceptors (Lipinski definition) is 3. The van der Waals surface area contributed by atoms with Gasteiger partial charge in [0.05, 0.1) is 0 Å². The number of carbonyl (C=O) groups excluding carboxylic acids is 2. The second-order valence-corrected chi connectivity index (χ2v) is 6.79. The Morgan fingerprint density at radius 2 is 1.96 bits per heavy atom. The summed E-state index contributed by atoms with van der Waals surface area (Å²) in [5, 5.41) is 9.26. The summed E-state index contributed by atoms with van der Waals surface area (Å²) in [4.78, 5) is 24.1. The molecule has 1 aromatic carbocycles. The molecular formula is C18H26ClN3O2. The van der Waals surface area contributed by atoms with Gasteiger partial charge in [-0.05, 0) is 62.4 Å². The molecule has 0 bridgehead atoms. The zero-order valence-corrected chi connectivity index (χ0v) is 15.1. The Balaban J connectivity index is 0.00000208. The Bertz CT molecular complexity index is 627. The third-order valence-electron chi connectivity index (χ3n) is 5.21. The molecular weight excluding hydrogens is 326 g/mol. The molecule has 5 nitrogen and oxygen atoms in total. The van der Waals surface area contributed by atoms with E-state index in [1.165, 1.54) is 0 Å². The van der Waals surface area contributed by atoms with E-state index in [1.807, 2.05) is 32.0 Å². The van der Waals surface area contributed by atoms with Crippen molar-refractivity contribution in [3.63, 3.8) is 0 Å². The molecule has 2 aliphatic rings. The van der Waals surface area contributed by atoms with Gasteiger partial charge in [0.25, 0.3) is 0 Å². The minimum atomic E-state index is -0.0259. The fourth-order valence-electron chi connectivity index (χ4n) is 3.50. The summed E-state index contributed by atoms with van der Waals surface area (Å²) in [6.07, 6.45) is 3.63. The average molecular weight is 352 g/mol. The van der Waals surface area contributed by atoms with Gasteiger partial charge in [0.2, 0.25) is 11.8 Å². The van der Waals surface area contributed by atoms with E-state index >= 15 is 0 Å². The average Bonchev–Trinajstić information content (AvgIpc) is 3.24. The summed E-state index contributed by atoms with van der Waals surface area (Å²) >= 11 is 0. The first-order chi connectivity index (χ1) is 11.0. The van der Waals surface area contributed by atoms with Gasteiger partial charge in [0.1, 0.15) is 0 Å². The lowest BCUT2D eigenvalue weighted by molar-refractivity contribution is -0.118. The molecule has 1 aromatic rings. The van der Waals surface area contributed by atoms with Crippen LogP contribution in [-0.4, -0.2) is 24.9 Å². The summed E-state index contributed by atoms with van der Waals surface area (Å²) in [5.41, 5.74) is 2.76. The van der Waals surface area contributed by atoms with Crippen LogP contribution in [-0.2, 0) is 9.59 Å². The van der Waals surface area contributed by atoms with Crippen molar-refractivity contribution in [1.29, 1.82) is 0 Å². The maximum Gasteiger partial charge on any atom is 0.228 e. The fraction of sp³-hybridized carbons (Fsp3) is 0.556. The molecule has 1 saturated heterocycles. The van der Waals surface area contributed by atoms with Crippen LogP contribution in [0.25, 0.3) is 0 Å². The number of carbonyl (C=O) groups is 2. The third-order valence-corrected chi connectivity index (χ3v) is 5.21. The molecule has 0 aromatic heterocycles. The van der Waals surface area contributed by atoms with Crippen LogP contribution in [0.15, 0.2) is 18.2 Å². The van der Waals surface area contributed by atoms with Crippen LogP contribution in [0.1, 0.15) is 38.2 Å². The van der Waals surface area contributed by atoms with Crippen molar-refractivity contribution in [2.75, 3.05) is 23.7 Å². The van der Waals surface area contributed by atoms with Gasteiger partial charge in [-0.15, -0.1) is 12.4 Å². The number of benzene rings is 1. The largest absolute Gasteiger partial charge is 0.326 e. The minimum Gasteiger partial charge on any atom is -0.326 e. The van der Waals surface area contributed by atoms with Crippen molar-refractivity contribution in [3.05, 3.63) is 23.8 Å². The Morgan fingerprint density at radius 3 is 2.62 bits per heavy atom. The van der Waals surface area contributed by atoms with Gasteiger partial charge in [-0.25, -0.2) is 0 Å². The molecule has 1 atom stereocenters. The van der Waals surface area contributed by atoms with E-state index in [0.717, 1.165) is 49.3 Å².